The first kappa shape index (κ1) is 20.8. The third kappa shape index (κ3) is 5.47. The molecule has 6 nitrogen and oxygen atoms in total. The van der Waals surface area contributed by atoms with Gasteiger partial charge in [-0.1, -0.05) is 6.07 Å². The number of nitrogens with one attached hydrogen (secondary N) is 2. The molecule has 2 aromatic rings. The van der Waals surface area contributed by atoms with Crippen LogP contribution in [-0.4, -0.2) is 44.2 Å². The average Bonchev–Trinajstić information content (AvgIpc) is 3.27. The zero-order valence-electron chi connectivity index (χ0n) is 15.4. The van der Waals surface area contributed by atoms with Gasteiger partial charge in [0.2, 0.25) is 0 Å². The molecule has 26 heavy (non-hydrogen) atoms. The molecule has 1 aromatic heterocycles. The number of aliphatic imine (C=N–C) groups is 1. The van der Waals surface area contributed by atoms with Crippen LogP contribution in [-0.2, 0) is 6.54 Å². The Morgan fingerprint density at radius 3 is 3.00 bits per heavy atom. The number of aromatic nitrogens is 1. The second kappa shape index (κ2) is 9.96. The van der Waals surface area contributed by atoms with E-state index in [0.29, 0.717) is 6.04 Å². The molecule has 1 saturated heterocycles. The van der Waals surface area contributed by atoms with E-state index >= 15 is 0 Å². The quantitative estimate of drug-likeness (QED) is 0.386. The van der Waals surface area contributed by atoms with E-state index in [-0.39, 0.29) is 24.0 Å². The zero-order valence-corrected chi connectivity index (χ0v) is 18.5. The summed E-state index contributed by atoms with van der Waals surface area (Å²) >= 11 is 1.71. The van der Waals surface area contributed by atoms with Crippen molar-refractivity contribution in [3.05, 3.63) is 40.3 Å². The summed E-state index contributed by atoms with van der Waals surface area (Å²) in [5.41, 5.74) is 1.20. The van der Waals surface area contributed by atoms with Crippen molar-refractivity contribution in [1.29, 1.82) is 0 Å². The average molecular weight is 487 g/mol. The number of guanidine groups is 1. The molecule has 1 aliphatic rings. The first-order chi connectivity index (χ1) is 12.2. The van der Waals surface area contributed by atoms with Crippen LogP contribution in [0.25, 0.3) is 0 Å². The van der Waals surface area contributed by atoms with Crippen LogP contribution in [0.5, 0.6) is 5.75 Å². The molecule has 0 amide bonds. The lowest BCUT2D eigenvalue weighted by Crippen LogP contribution is -2.44. The van der Waals surface area contributed by atoms with Crippen molar-refractivity contribution < 1.29 is 4.74 Å². The summed E-state index contributed by atoms with van der Waals surface area (Å²) in [7, 11) is 3.51. The molecule has 1 atom stereocenters. The monoisotopic (exact) mass is 487 g/mol. The van der Waals surface area contributed by atoms with Gasteiger partial charge in [0.05, 0.1) is 18.7 Å². The van der Waals surface area contributed by atoms with Gasteiger partial charge in [-0.25, -0.2) is 4.98 Å². The summed E-state index contributed by atoms with van der Waals surface area (Å²) in [6.07, 6.45) is 3.00. The number of ether oxygens (including phenoxy) is 1. The number of anilines is 1. The molecule has 0 radical (unpaired) electrons. The fourth-order valence-corrected chi connectivity index (χ4v) is 3.70. The van der Waals surface area contributed by atoms with Crippen LogP contribution in [0.3, 0.4) is 0 Å². The first-order valence-electron chi connectivity index (χ1n) is 8.45. The highest BCUT2D eigenvalue weighted by molar-refractivity contribution is 14.0. The molecule has 8 heteroatoms. The molecule has 3 rings (SSSR count). The van der Waals surface area contributed by atoms with Crippen LogP contribution in [0, 0.1) is 6.92 Å². The molecule has 1 fully saturated rings. The topological polar surface area (TPSA) is 61.8 Å². The molecule has 2 N–H and O–H groups in total. The summed E-state index contributed by atoms with van der Waals surface area (Å²) in [6.45, 7) is 4.74. The van der Waals surface area contributed by atoms with E-state index in [1.807, 2.05) is 32.3 Å². The van der Waals surface area contributed by atoms with E-state index in [1.54, 1.807) is 18.4 Å². The molecule has 0 aliphatic carbocycles. The molecule has 2 heterocycles. The molecule has 0 spiro atoms. The van der Waals surface area contributed by atoms with Crippen LogP contribution in [0.1, 0.15) is 16.3 Å². The van der Waals surface area contributed by atoms with Gasteiger partial charge in [0.15, 0.2) is 5.96 Å². The number of hydrogen-bond donors (Lipinski definition) is 2. The highest BCUT2D eigenvalue weighted by atomic mass is 127. The predicted octanol–water partition coefficient (Wildman–Crippen LogP) is 3.02. The number of nitrogens with zero attached hydrogens (tertiary/aromatic N) is 3. The van der Waals surface area contributed by atoms with Crippen LogP contribution in [0.2, 0.25) is 0 Å². The number of benzene rings is 1. The van der Waals surface area contributed by atoms with E-state index in [4.69, 9.17) is 4.74 Å². The van der Waals surface area contributed by atoms with Crippen molar-refractivity contribution in [2.24, 2.45) is 4.99 Å². The number of rotatable bonds is 5. The van der Waals surface area contributed by atoms with Gasteiger partial charge in [-0.05, 0) is 25.5 Å². The molecule has 1 aromatic carbocycles. The molecule has 1 unspecified atom stereocenters. The molecule has 1 aliphatic heterocycles. The van der Waals surface area contributed by atoms with E-state index < -0.39 is 0 Å². The SMILES string of the molecule is CN=C(NCc1cnc(C)s1)NC1CCN(c2cccc(OC)c2)C1.I. The molecule has 142 valence electrons. The van der Waals surface area contributed by atoms with Gasteiger partial charge in [0, 0.05) is 49.0 Å². The Kier molecular flexibility index (Phi) is 7.95. The second-order valence-electron chi connectivity index (χ2n) is 6.05. The van der Waals surface area contributed by atoms with Crippen molar-refractivity contribution in [3.63, 3.8) is 0 Å². The summed E-state index contributed by atoms with van der Waals surface area (Å²) < 4.78 is 5.32. The normalized spacial score (nSPS) is 17.0. The lowest BCUT2D eigenvalue weighted by Gasteiger charge is -2.20. The van der Waals surface area contributed by atoms with Crippen molar-refractivity contribution in [1.82, 2.24) is 15.6 Å². The van der Waals surface area contributed by atoms with E-state index in [0.717, 1.165) is 42.8 Å². The summed E-state index contributed by atoms with van der Waals surface area (Å²) in [5, 5.41) is 7.98. The van der Waals surface area contributed by atoms with E-state index in [9.17, 15) is 0 Å². The highest BCUT2D eigenvalue weighted by Crippen LogP contribution is 2.24. The van der Waals surface area contributed by atoms with Crippen molar-refractivity contribution in [2.45, 2.75) is 25.9 Å². The van der Waals surface area contributed by atoms with Crippen molar-refractivity contribution >= 4 is 47.0 Å². The number of thiazole rings is 1. The van der Waals surface area contributed by atoms with Gasteiger partial charge >= 0.3 is 0 Å². The smallest absolute Gasteiger partial charge is 0.191 e. The largest absolute Gasteiger partial charge is 0.497 e. The third-order valence-electron chi connectivity index (χ3n) is 4.27. The minimum absolute atomic E-state index is 0. The van der Waals surface area contributed by atoms with Gasteiger partial charge in [-0.15, -0.1) is 35.3 Å². The van der Waals surface area contributed by atoms with Gasteiger partial charge < -0.3 is 20.3 Å². The maximum absolute atomic E-state index is 5.32. The molecular formula is C18H26IN5OS. The summed E-state index contributed by atoms with van der Waals surface area (Å²) in [5.74, 6) is 1.73. The Morgan fingerprint density at radius 2 is 2.31 bits per heavy atom. The Hall–Kier alpha value is -1.55. The van der Waals surface area contributed by atoms with Crippen LogP contribution < -0.4 is 20.3 Å². The second-order valence-corrected chi connectivity index (χ2v) is 7.37. The third-order valence-corrected chi connectivity index (χ3v) is 5.18. The van der Waals surface area contributed by atoms with Gasteiger partial charge in [-0.3, -0.25) is 4.99 Å². The lowest BCUT2D eigenvalue weighted by molar-refractivity contribution is 0.415. The van der Waals surface area contributed by atoms with Gasteiger partial charge in [0.1, 0.15) is 5.75 Å². The Morgan fingerprint density at radius 1 is 1.46 bits per heavy atom. The lowest BCUT2D eigenvalue weighted by atomic mass is 10.2. The fraction of sp³-hybridized carbons (Fsp3) is 0.444. The van der Waals surface area contributed by atoms with E-state index in [2.05, 4.69) is 37.6 Å². The first-order valence-corrected chi connectivity index (χ1v) is 9.27. The Labute approximate surface area is 176 Å². The Bertz CT molecular complexity index is 736. The molecule has 0 saturated carbocycles. The number of aryl methyl sites for hydroxylation is 1. The minimum Gasteiger partial charge on any atom is -0.497 e. The maximum atomic E-state index is 5.32. The minimum atomic E-state index is 0. The molecule has 0 bridgehead atoms. The maximum Gasteiger partial charge on any atom is 0.191 e. The van der Waals surface area contributed by atoms with Crippen LogP contribution in [0.4, 0.5) is 5.69 Å². The fourth-order valence-electron chi connectivity index (χ4n) is 2.97. The van der Waals surface area contributed by atoms with Crippen molar-refractivity contribution in [2.75, 3.05) is 32.1 Å². The number of hydrogen-bond acceptors (Lipinski definition) is 5. The number of halogens is 1. The predicted molar refractivity (Wildman–Crippen MR) is 119 cm³/mol. The van der Waals surface area contributed by atoms with Gasteiger partial charge in [0.25, 0.3) is 0 Å². The molecular weight excluding hydrogens is 461 g/mol. The highest BCUT2D eigenvalue weighted by Gasteiger charge is 2.23. The summed E-state index contributed by atoms with van der Waals surface area (Å²) in [4.78, 5) is 12.2. The van der Waals surface area contributed by atoms with Gasteiger partial charge in [-0.2, -0.15) is 0 Å². The Balaban J connectivity index is 0.00000243. The van der Waals surface area contributed by atoms with Crippen molar-refractivity contribution in [3.8, 4) is 5.75 Å². The van der Waals surface area contributed by atoms with Crippen LogP contribution in [0.15, 0.2) is 35.5 Å². The van der Waals surface area contributed by atoms with Crippen LogP contribution >= 0.6 is 35.3 Å². The van der Waals surface area contributed by atoms with E-state index in [1.165, 1.54) is 10.6 Å². The zero-order chi connectivity index (χ0) is 17.6. The summed E-state index contributed by atoms with van der Waals surface area (Å²) in [6, 6.07) is 8.60. The standard InChI is InChI=1S/C18H25N5OS.HI/c1-13-20-10-17(25-13)11-21-18(19-2)22-14-7-8-23(12-14)15-5-4-6-16(9-15)24-3;/h4-6,9-10,14H,7-8,11-12H2,1-3H3,(H2,19,21,22);1H. The number of methoxy groups -OCH3 is 1.